The Morgan fingerprint density at radius 3 is 2.40 bits per heavy atom. The van der Waals surface area contributed by atoms with Gasteiger partial charge in [0, 0.05) is 24.0 Å². The van der Waals surface area contributed by atoms with Crippen LogP contribution >= 0.6 is 0 Å². The van der Waals surface area contributed by atoms with Gasteiger partial charge in [0.15, 0.2) is 0 Å². The van der Waals surface area contributed by atoms with Crippen LogP contribution in [0.3, 0.4) is 0 Å². The smallest absolute Gasteiger partial charge is 0.133 e. The Balaban J connectivity index is 1.48. The molecule has 30 heavy (non-hydrogen) atoms. The minimum absolute atomic E-state index is 0.450. The van der Waals surface area contributed by atoms with Gasteiger partial charge >= 0.3 is 0 Å². The van der Waals surface area contributed by atoms with Crippen molar-refractivity contribution in [1.29, 1.82) is 0 Å². The van der Waals surface area contributed by atoms with Crippen molar-refractivity contribution in [3.8, 4) is 0 Å². The molecule has 5 aromatic rings. The zero-order valence-corrected chi connectivity index (χ0v) is 17.2. The first kappa shape index (κ1) is 17.5. The fourth-order valence-electron chi connectivity index (χ4n) is 5.22. The number of pyridine rings is 1. The maximum Gasteiger partial charge on any atom is 0.133 e. The van der Waals surface area contributed by atoms with E-state index in [0.29, 0.717) is 5.92 Å². The van der Waals surface area contributed by atoms with Gasteiger partial charge in [0.25, 0.3) is 0 Å². The highest BCUT2D eigenvalue weighted by Gasteiger charge is 2.24. The van der Waals surface area contributed by atoms with Crippen molar-refractivity contribution < 1.29 is 0 Å². The third-order valence-electron chi connectivity index (χ3n) is 6.76. The van der Waals surface area contributed by atoms with Crippen LogP contribution in [0.25, 0.3) is 32.3 Å². The highest BCUT2D eigenvalue weighted by Crippen LogP contribution is 2.39. The van der Waals surface area contributed by atoms with Crippen molar-refractivity contribution in [2.75, 3.05) is 12.4 Å². The van der Waals surface area contributed by atoms with E-state index in [2.05, 4.69) is 84.2 Å². The third kappa shape index (κ3) is 2.68. The topological polar surface area (TPSA) is 24.9 Å². The number of nitrogens with zero attached hydrogens (tertiary/aromatic N) is 1. The Morgan fingerprint density at radius 1 is 0.767 bits per heavy atom. The standard InChI is InChI=1S/C28H24N2/c1-29-28-23-9-5-3-7-20(23)17-27(30-28)21-11-10-19-13-14-24-22-8-4-2-6-18(22)12-15-25(24)26(19)16-21/h2-9,12-15,17,21H,10-11,16H2,1H3,(H,29,30)/t21-/m0/s1. The van der Waals surface area contributed by atoms with Gasteiger partial charge in [0.05, 0.1) is 0 Å². The predicted octanol–water partition coefficient (Wildman–Crippen LogP) is 6.86. The van der Waals surface area contributed by atoms with Crippen molar-refractivity contribution >= 4 is 38.1 Å². The highest BCUT2D eigenvalue weighted by atomic mass is 15.0. The summed E-state index contributed by atoms with van der Waals surface area (Å²) in [5.41, 5.74) is 4.22. The van der Waals surface area contributed by atoms with Gasteiger partial charge in [-0.3, -0.25) is 0 Å². The number of nitrogens with one attached hydrogen (secondary N) is 1. The Kier molecular flexibility index (Phi) is 3.98. The van der Waals surface area contributed by atoms with Gasteiger partial charge in [-0.05, 0) is 63.4 Å². The molecule has 1 heterocycles. The second-order valence-electron chi connectivity index (χ2n) is 8.39. The van der Waals surface area contributed by atoms with Crippen LogP contribution in [0.2, 0.25) is 0 Å². The minimum atomic E-state index is 0.450. The van der Waals surface area contributed by atoms with Crippen molar-refractivity contribution in [2.45, 2.75) is 25.2 Å². The molecule has 0 fully saturated rings. The first-order valence-corrected chi connectivity index (χ1v) is 10.8. The van der Waals surface area contributed by atoms with Gasteiger partial charge in [-0.1, -0.05) is 72.8 Å². The molecule has 1 aliphatic carbocycles. The predicted molar refractivity (Wildman–Crippen MR) is 128 cm³/mol. The fourth-order valence-corrected chi connectivity index (χ4v) is 5.22. The first-order chi connectivity index (χ1) is 14.8. The normalized spacial score (nSPS) is 16.1. The van der Waals surface area contributed by atoms with E-state index < -0.39 is 0 Å². The monoisotopic (exact) mass is 388 g/mol. The summed E-state index contributed by atoms with van der Waals surface area (Å²) in [7, 11) is 1.97. The molecule has 4 aromatic carbocycles. The second-order valence-corrected chi connectivity index (χ2v) is 8.39. The van der Waals surface area contributed by atoms with E-state index >= 15 is 0 Å². The summed E-state index contributed by atoms with van der Waals surface area (Å²) in [5, 5.41) is 11.2. The van der Waals surface area contributed by atoms with Gasteiger partial charge in [-0.15, -0.1) is 0 Å². The molecular formula is C28H24N2. The Bertz CT molecular complexity index is 1420. The molecule has 2 nitrogen and oxygen atoms in total. The van der Waals surface area contributed by atoms with Gasteiger partial charge in [-0.2, -0.15) is 0 Å². The summed E-state index contributed by atoms with van der Waals surface area (Å²) >= 11 is 0. The van der Waals surface area contributed by atoms with Crippen LogP contribution < -0.4 is 5.32 Å². The fraction of sp³-hybridized carbons (Fsp3) is 0.179. The third-order valence-corrected chi connectivity index (χ3v) is 6.76. The minimum Gasteiger partial charge on any atom is -0.373 e. The second kappa shape index (κ2) is 6.84. The molecule has 1 N–H and O–H groups in total. The van der Waals surface area contributed by atoms with Crippen LogP contribution in [0.1, 0.15) is 29.2 Å². The zero-order chi connectivity index (χ0) is 20.1. The molecule has 2 heteroatoms. The van der Waals surface area contributed by atoms with Crippen LogP contribution in [-0.4, -0.2) is 12.0 Å². The van der Waals surface area contributed by atoms with Crippen molar-refractivity contribution in [3.05, 3.63) is 95.7 Å². The zero-order valence-electron chi connectivity index (χ0n) is 17.2. The molecule has 146 valence electrons. The summed E-state index contributed by atoms with van der Waals surface area (Å²) < 4.78 is 0. The number of aryl methyl sites for hydroxylation is 1. The van der Waals surface area contributed by atoms with E-state index in [0.717, 1.165) is 25.1 Å². The van der Waals surface area contributed by atoms with Crippen LogP contribution in [0.4, 0.5) is 5.82 Å². The molecule has 0 saturated heterocycles. The SMILES string of the molecule is CNc1nc([C@H]2CCc3ccc4c(ccc5ccccc54)c3C2)cc2ccccc12. The van der Waals surface area contributed by atoms with Gasteiger partial charge in [0.2, 0.25) is 0 Å². The average Bonchev–Trinajstić information content (AvgIpc) is 2.82. The Hall–Kier alpha value is -3.39. The maximum atomic E-state index is 5.03. The lowest BCUT2D eigenvalue weighted by atomic mass is 9.79. The van der Waals surface area contributed by atoms with E-state index in [1.165, 1.54) is 49.1 Å². The molecule has 0 aliphatic heterocycles. The van der Waals surface area contributed by atoms with Crippen molar-refractivity contribution in [2.24, 2.45) is 0 Å². The largest absolute Gasteiger partial charge is 0.373 e. The number of hydrogen-bond donors (Lipinski definition) is 1. The number of rotatable bonds is 2. The van der Waals surface area contributed by atoms with E-state index in [4.69, 9.17) is 4.98 Å². The van der Waals surface area contributed by atoms with Gasteiger partial charge < -0.3 is 5.32 Å². The van der Waals surface area contributed by atoms with Gasteiger partial charge in [-0.25, -0.2) is 4.98 Å². The lowest BCUT2D eigenvalue weighted by Crippen LogP contribution is -2.15. The summed E-state index contributed by atoms with van der Waals surface area (Å²) in [6.07, 6.45) is 3.33. The van der Waals surface area contributed by atoms with Crippen LogP contribution in [0.15, 0.2) is 78.9 Å². The van der Waals surface area contributed by atoms with Crippen LogP contribution in [-0.2, 0) is 12.8 Å². The highest BCUT2D eigenvalue weighted by molar-refractivity contribution is 6.08. The number of anilines is 1. The summed E-state index contributed by atoms with van der Waals surface area (Å²) in [5.74, 6) is 1.43. The van der Waals surface area contributed by atoms with Gasteiger partial charge in [0.1, 0.15) is 5.82 Å². The first-order valence-electron chi connectivity index (χ1n) is 10.8. The lowest BCUT2D eigenvalue weighted by Gasteiger charge is -2.26. The molecule has 0 spiro atoms. The number of aromatic nitrogens is 1. The molecule has 0 unspecified atom stereocenters. The molecule has 1 aromatic heterocycles. The van der Waals surface area contributed by atoms with E-state index in [1.807, 2.05) is 7.05 Å². The van der Waals surface area contributed by atoms with Crippen molar-refractivity contribution in [1.82, 2.24) is 4.98 Å². The summed E-state index contributed by atoms with van der Waals surface area (Å²) in [6, 6.07) is 28.8. The summed E-state index contributed by atoms with van der Waals surface area (Å²) in [4.78, 5) is 5.03. The van der Waals surface area contributed by atoms with E-state index in [9.17, 15) is 0 Å². The maximum absolute atomic E-state index is 5.03. The van der Waals surface area contributed by atoms with Crippen LogP contribution in [0.5, 0.6) is 0 Å². The molecule has 0 radical (unpaired) electrons. The quantitative estimate of drug-likeness (QED) is 0.334. The molecule has 0 saturated carbocycles. The summed E-state index contributed by atoms with van der Waals surface area (Å²) in [6.45, 7) is 0. The molecule has 1 aliphatic rings. The Labute approximate surface area is 176 Å². The number of fused-ring (bicyclic) bond motifs is 6. The van der Waals surface area contributed by atoms with E-state index in [-0.39, 0.29) is 0 Å². The molecule has 1 atom stereocenters. The number of hydrogen-bond acceptors (Lipinski definition) is 2. The molecule has 0 amide bonds. The average molecular weight is 389 g/mol. The van der Waals surface area contributed by atoms with E-state index in [1.54, 1.807) is 0 Å². The molecule has 0 bridgehead atoms. The molecular weight excluding hydrogens is 364 g/mol. The number of benzene rings is 4. The Morgan fingerprint density at radius 2 is 1.53 bits per heavy atom. The van der Waals surface area contributed by atoms with Crippen molar-refractivity contribution in [3.63, 3.8) is 0 Å². The van der Waals surface area contributed by atoms with Crippen LogP contribution in [0, 0.1) is 0 Å². The molecule has 6 rings (SSSR count). The lowest BCUT2D eigenvalue weighted by molar-refractivity contribution is 0.575.